The first kappa shape index (κ1) is 17.2. The normalized spacial score (nSPS) is 11.2. The minimum absolute atomic E-state index is 1.07. The molecule has 0 aliphatic heterocycles. The highest BCUT2D eigenvalue weighted by Crippen LogP contribution is 2.33. The molecule has 0 fully saturated rings. The van der Waals surface area contributed by atoms with Crippen LogP contribution in [0.2, 0.25) is 0 Å². The third-order valence-electron chi connectivity index (χ3n) is 4.92. The fraction of sp³-hybridized carbons (Fsp3) is 0.200. The van der Waals surface area contributed by atoms with E-state index in [2.05, 4.69) is 101 Å². The lowest BCUT2D eigenvalue weighted by Gasteiger charge is -2.14. The summed E-state index contributed by atoms with van der Waals surface area (Å²) in [4.78, 5) is 0. The molecule has 25 heavy (non-hydrogen) atoms. The molecular weight excluding hydrogens is 300 g/mol. The van der Waals surface area contributed by atoms with Gasteiger partial charge in [-0.2, -0.15) is 0 Å². The zero-order valence-corrected chi connectivity index (χ0v) is 15.6. The minimum Gasteiger partial charge on any atom is -0.0842 e. The first-order chi connectivity index (χ1) is 12.1. The first-order valence-corrected chi connectivity index (χ1v) is 9.04. The van der Waals surface area contributed by atoms with Crippen LogP contribution in [0.1, 0.15) is 35.6 Å². The molecule has 0 aliphatic rings. The fourth-order valence-electron chi connectivity index (χ4n) is 3.21. The zero-order valence-electron chi connectivity index (χ0n) is 15.6. The Morgan fingerprint density at radius 1 is 0.640 bits per heavy atom. The molecule has 0 unspecified atom stereocenters. The Bertz CT molecular complexity index is 879. The van der Waals surface area contributed by atoms with Crippen molar-refractivity contribution in [1.82, 2.24) is 0 Å². The Morgan fingerprint density at radius 3 is 1.60 bits per heavy atom. The van der Waals surface area contributed by atoms with Crippen LogP contribution >= 0.6 is 0 Å². The van der Waals surface area contributed by atoms with E-state index in [1.807, 2.05) is 0 Å². The van der Waals surface area contributed by atoms with E-state index in [0.717, 1.165) is 6.42 Å². The Morgan fingerprint density at radius 2 is 1.12 bits per heavy atom. The van der Waals surface area contributed by atoms with E-state index < -0.39 is 0 Å². The van der Waals surface area contributed by atoms with Gasteiger partial charge in [-0.3, -0.25) is 0 Å². The van der Waals surface area contributed by atoms with Crippen molar-refractivity contribution < 1.29 is 0 Å². The van der Waals surface area contributed by atoms with Crippen molar-refractivity contribution in [2.24, 2.45) is 0 Å². The summed E-state index contributed by atoms with van der Waals surface area (Å²) < 4.78 is 0. The molecule has 0 nitrogen and oxygen atoms in total. The van der Waals surface area contributed by atoms with Gasteiger partial charge in [-0.1, -0.05) is 85.3 Å². The monoisotopic (exact) mass is 326 g/mol. The van der Waals surface area contributed by atoms with E-state index in [1.54, 1.807) is 0 Å². The number of aryl methyl sites for hydroxylation is 1. The summed E-state index contributed by atoms with van der Waals surface area (Å²) in [5.74, 6) is 0. The molecule has 0 N–H and O–H groups in total. The van der Waals surface area contributed by atoms with Crippen LogP contribution in [0.25, 0.3) is 28.3 Å². The van der Waals surface area contributed by atoms with Crippen molar-refractivity contribution in [2.75, 3.05) is 0 Å². The van der Waals surface area contributed by atoms with Crippen LogP contribution in [-0.2, 0) is 0 Å². The smallest absolute Gasteiger partial charge is 0.0152 e. The van der Waals surface area contributed by atoms with Crippen LogP contribution in [0.3, 0.4) is 0 Å². The number of allylic oxidation sites excluding steroid dienone is 1. The van der Waals surface area contributed by atoms with Crippen molar-refractivity contribution in [3.8, 4) is 22.3 Å². The second kappa shape index (κ2) is 7.53. The average molecular weight is 326 g/mol. The highest BCUT2D eigenvalue weighted by molar-refractivity contribution is 5.77. The summed E-state index contributed by atoms with van der Waals surface area (Å²) in [6.45, 7) is 8.75. The summed E-state index contributed by atoms with van der Waals surface area (Å²) in [5.41, 5.74) is 10.5. The summed E-state index contributed by atoms with van der Waals surface area (Å²) in [6, 6.07) is 22.2. The van der Waals surface area contributed by atoms with Gasteiger partial charge in [-0.05, 0) is 66.1 Å². The van der Waals surface area contributed by atoms with Gasteiger partial charge in [0.05, 0.1) is 0 Å². The van der Waals surface area contributed by atoms with Crippen LogP contribution < -0.4 is 0 Å². The third-order valence-corrected chi connectivity index (χ3v) is 4.92. The number of benzene rings is 3. The molecule has 126 valence electrons. The third kappa shape index (κ3) is 3.74. The molecule has 0 bridgehead atoms. The molecule has 3 rings (SSSR count). The SMILES string of the molecule is CC/C=C/c1ccc(-c2ccc(-c3ccc(C)cc3)c(C)c2C)cc1. The lowest BCUT2D eigenvalue weighted by molar-refractivity contribution is 1.23. The van der Waals surface area contributed by atoms with Gasteiger partial charge >= 0.3 is 0 Å². The van der Waals surface area contributed by atoms with E-state index >= 15 is 0 Å². The molecule has 0 saturated heterocycles. The van der Waals surface area contributed by atoms with Crippen molar-refractivity contribution in [3.05, 3.63) is 89.0 Å². The van der Waals surface area contributed by atoms with Crippen LogP contribution in [-0.4, -0.2) is 0 Å². The number of rotatable bonds is 4. The maximum atomic E-state index is 2.26. The largest absolute Gasteiger partial charge is 0.0842 e. The van der Waals surface area contributed by atoms with E-state index in [1.165, 1.54) is 44.5 Å². The Kier molecular flexibility index (Phi) is 5.19. The van der Waals surface area contributed by atoms with E-state index in [0.29, 0.717) is 0 Å². The second-order valence-electron chi connectivity index (χ2n) is 6.71. The van der Waals surface area contributed by atoms with Gasteiger partial charge in [0.25, 0.3) is 0 Å². The highest BCUT2D eigenvalue weighted by Gasteiger charge is 2.09. The number of hydrogen-bond donors (Lipinski definition) is 0. The standard InChI is InChI=1S/C25H26/c1-5-6-7-21-10-14-23(15-11-21)25-17-16-24(19(3)20(25)4)22-12-8-18(2)9-13-22/h6-17H,5H2,1-4H3/b7-6+. The average Bonchev–Trinajstić information content (AvgIpc) is 2.64. The van der Waals surface area contributed by atoms with Crippen molar-refractivity contribution >= 4 is 6.08 Å². The summed E-state index contributed by atoms with van der Waals surface area (Å²) in [7, 11) is 0. The molecule has 0 spiro atoms. The van der Waals surface area contributed by atoms with Crippen molar-refractivity contribution in [1.29, 1.82) is 0 Å². The quantitative estimate of drug-likeness (QED) is 0.469. The molecule has 3 aromatic carbocycles. The summed E-state index contributed by atoms with van der Waals surface area (Å²) in [5, 5.41) is 0. The molecule has 0 amide bonds. The Hall–Kier alpha value is -2.60. The maximum Gasteiger partial charge on any atom is -0.0152 e. The molecule has 0 atom stereocenters. The predicted octanol–water partition coefficient (Wildman–Crippen LogP) is 7.37. The highest BCUT2D eigenvalue weighted by atomic mass is 14.1. The van der Waals surface area contributed by atoms with Gasteiger partial charge in [0, 0.05) is 0 Å². The molecule has 0 heterocycles. The Labute approximate surface area is 151 Å². The van der Waals surface area contributed by atoms with Gasteiger partial charge in [0.15, 0.2) is 0 Å². The lowest BCUT2D eigenvalue weighted by atomic mass is 9.90. The zero-order chi connectivity index (χ0) is 17.8. The molecular formula is C25H26. The van der Waals surface area contributed by atoms with Gasteiger partial charge in [-0.25, -0.2) is 0 Å². The van der Waals surface area contributed by atoms with E-state index in [-0.39, 0.29) is 0 Å². The summed E-state index contributed by atoms with van der Waals surface area (Å²) in [6.07, 6.45) is 5.45. The predicted molar refractivity (Wildman–Crippen MR) is 111 cm³/mol. The molecule has 0 saturated carbocycles. The maximum absolute atomic E-state index is 2.26. The minimum atomic E-state index is 1.07. The van der Waals surface area contributed by atoms with Crippen LogP contribution in [0.4, 0.5) is 0 Å². The Balaban J connectivity index is 1.97. The van der Waals surface area contributed by atoms with Crippen molar-refractivity contribution in [2.45, 2.75) is 34.1 Å². The first-order valence-electron chi connectivity index (χ1n) is 9.04. The van der Waals surface area contributed by atoms with Gasteiger partial charge in [0.2, 0.25) is 0 Å². The van der Waals surface area contributed by atoms with Gasteiger partial charge < -0.3 is 0 Å². The van der Waals surface area contributed by atoms with Crippen LogP contribution in [0.5, 0.6) is 0 Å². The van der Waals surface area contributed by atoms with Crippen molar-refractivity contribution in [3.63, 3.8) is 0 Å². The van der Waals surface area contributed by atoms with Crippen LogP contribution in [0, 0.1) is 20.8 Å². The second-order valence-corrected chi connectivity index (χ2v) is 6.71. The lowest BCUT2D eigenvalue weighted by Crippen LogP contribution is -1.92. The number of hydrogen-bond acceptors (Lipinski definition) is 0. The van der Waals surface area contributed by atoms with Crippen LogP contribution in [0.15, 0.2) is 66.7 Å². The molecule has 0 aromatic heterocycles. The topological polar surface area (TPSA) is 0 Å². The molecule has 3 aromatic rings. The van der Waals surface area contributed by atoms with Gasteiger partial charge in [0.1, 0.15) is 0 Å². The summed E-state index contributed by atoms with van der Waals surface area (Å²) >= 11 is 0. The molecule has 0 radical (unpaired) electrons. The molecule has 0 heteroatoms. The van der Waals surface area contributed by atoms with Gasteiger partial charge in [-0.15, -0.1) is 0 Å². The molecule has 0 aliphatic carbocycles. The fourth-order valence-corrected chi connectivity index (χ4v) is 3.21. The van der Waals surface area contributed by atoms with E-state index in [4.69, 9.17) is 0 Å². The van der Waals surface area contributed by atoms with E-state index in [9.17, 15) is 0 Å².